The molecule has 1 aromatic rings. The van der Waals surface area contributed by atoms with Crippen LogP contribution in [-0.2, 0) is 4.79 Å². The number of aromatic nitrogens is 2. The van der Waals surface area contributed by atoms with Crippen LogP contribution in [0.15, 0.2) is 5.16 Å². The number of carbonyl (C=O) groups is 1. The molecule has 0 bridgehead atoms. The Balaban J connectivity index is 1.98. The van der Waals surface area contributed by atoms with Gasteiger partial charge in [-0.2, -0.15) is 5.26 Å². The molecule has 2 rings (SSSR count). The van der Waals surface area contributed by atoms with Crippen molar-refractivity contribution in [2.45, 2.75) is 57.1 Å². The van der Waals surface area contributed by atoms with Gasteiger partial charge < -0.3 is 9.88 Å². The minimum atomic E-state index is -0.0356. The Kier molecular flexibility index (Phi) is 5.68. The van der Waals surface area contributed by atoms with Crippen molar-refractivity contribution in [1.82, 2.24) is 14.9 Å². The summed E-state index contributed by atoms with van der Waals surface area (Å²) in [6.45, 7) is 4.56. The molecule has 1 saturated carbocycles. The fourth-order valence-electron chi connectivity index (χ4n) is 2.73. The molecule has 1 aliphatic rings. The number of nitrogens with one attached hydrogen (secondary N) is 1. The van der Waals surface area contributed by atoms with E-state index < -0.39 is 0 Å². The molecule has 0 aromatic carbocycles. The van der Waals surface area contributed by atoms with Gasteiger partial charge in [-0.1, -0.05) is 24.6 Å². The van der Waals surface area contributed by atoms with E-state index in [-0.39, 0.29) is 5.91 Å². The molecule has 1 heterocycles. The molecule has 0 spiro atoms. The predicted molar refractivity (Wildman–Crippen MR) is 83.2 cm³/mol. The van der Waals surface area contributed by atoms with Crippen molar-refractivity contribution in [2.24, 2.45) is 0 Å². The van der Waals surface area contributed by atoms with E-state index in [4.69, 9.17) is 5.26 Å². The van der Waals surface area contributed by atoms with Gasteiger partial charge in [-0.05, 0) is 26.7 Å². The third kappa shape index (κ3) is 4.01. The number of nitriles is 1. The van der Waals surface area contributed by atoms with E-state index in [1.807, 2.05) is 13.0 Å². The number of thioether (sulfide) groups is 1. The summed E-state index contributed by atoms with van der Waals surface area (Å²) >= 11 is 1.49. The van der Waals surface area contributed by atoms with Crippen LogP contribution >= 0.6 is 11.8 Å². The van der Waals surface area contributed by atoms with Gasteiger partial charge in [-0.25, -0.2) is 4.98 Å². The summed E-state index contributed by atoms with van der Waals surface area (Å²) in [4.78, 5) is 16.4. The van der Waals surface area contributed by atoms with Crippen LogP contribution < -0.4 is 5.32 Å². The number of hydrogen-bond acceptors (Lipinski definition) is 4. The first kappa shape index (κ1) is 15.9. The Bertz CT molecular complexity index is 541. The summed E-state index contributed by atoms with van der Waals surface area (Å²) in [5.74, 6) is 0.320. The Labute approximate surface area is 130 Å². The molecule has 21 heavy (non-hydrogen) atoms. The topological polar surface area (TPSA) is 70.7 Å². The first-order chi connectivity index (χ1) is 10.1. The van der Waals surface area contributed by atoms with Crippen LogP contribution in [-0.4, -0.2) is 27.8 Å². The second-order valence-electron chi connectivity index (χ2n) is 5.42. The maximum absolute atomic E-state index is 11.7. The minimum absolute atomic E-state index is 0.0356. The van der Waals surface area contributed by atoms with Crippen molar-refractivity contribution in [1.29, 1.82) is 5.26 Å². The quantitative estimate of drug-likeness (QED) is 0.648. The van der Waals surface area contributed by atoms with Crippen molar-refractivity contribution < 1.29 is 4.79 Å². The van der Waals surface area contributed by atoms with Gasteiger partial charge in [0, 0.05) is 18.3 Å². The zero-order valence-corrected chi connectivity index (χ0v) is 13.5. The van der Waals surface area contributed by atoms with Crippen molar-refractivity contribution in [3.63, 3.8) is 0 Å². The summed E-state index contributed by atoms with van der Waals surface area (Å²) in [6.07, 6.45) is 5.32. The van der Waals surface area contributed by atoms with E-state index in [1.165, 1.54) is 43.1 Å². The zero-order chi connectivity index (χ0) is 15.2. The average Bonchev–Trinajstić information content (AvgIpc) is 3.06. The molecule has 1 aromatic heterocycles. The van der Waals surface area contributed by atoms with Crippen LogP contribution in [0.25, 0.3) is 0 Å². The highest BCUT2D eigenvalue weighted by Crippen LogP contribution is 2.35. The highest BCUT2D eigenvalue weighted by atomic mass is 32.2. The fraction of sp³-hybridized carbons (Fsp3) is 0.667. The minimum Gasteiger partial charge on any atom is -0.354 e. The molecule has 0 radical (unpaired) electrons. The number of amides is 1. The molecule has 1 amide bonds. The maximum Gasteiger partial charge on any atom is 0.230 e. The Morgan fingerprint density at radius 3 is 2.86 bits per heavy atom. The van der Waals surface area contributed by atoms with Gasteiger partial charge in [0.05, 0.1) is 23.9 Å². The molecule has 0 atom stereocenters. The van der Waals surface area contributed by atoms with Gasteiger partial charge in [0.15, 0.2) is 5.16 Å². The van der Waals surface area contributed by atoms with Gasteiger partial charge in [0.2, 0.25) is 5.91 Å². The summed E-state index contributed by atoms with van der Waals surface area (Å²) in [5, 5.41) is 12.2. The van der Waals surface area contributed by atoms with Gasteiger partial charge in [-0.15, -0.1) is 0 Å². The van der Waals surface area contributed by atoms with Crippen LogP contribution in [0.5, 0.6) is 0 Å². The van der Waals surface area contributed by atoms with E-state index in [0.717, 1.165) is 10.9 Å². The lowest BCUT2D eigenvalue weighted by atomic mass is 10.2. The first-order valence-electron chi connectivity index (χ1n) is 7.45. The summed E-state index contributed by atoms with van der Waals surface area (Å²) in [7, 11) is 0. The molecule has 1 aliphatic carbocycles. The lowest BCUT2D eigenvalue weighted by molar-refractivity contribution is -0.118. The van der Waals surface area contributed by atoms with Crippen molar-refractivity contribution >= 4 is 17.7 Å². The highest BCUT2D eigenvalue weighted by molar-refractivity contribution is 7.99. The number of aryl methyl sites for hydroxylation is 1. The van der Waals surface area contributed by atoms with Crippen LogP contribution in [0, 0.1) is 25.2 Å². The number of carbonyl (C=O) groups excluding carboxylic acids is 1. The molecular weight excluding hydrogens is 284 g/mol. The Hall–Kier alpha value is -1.48. The maximum atomic E-state index is 11.7. The predicted octanol–water partition coefficient (Wildman–Crippen LogP) is 2.74. The average molecular weight is 306 g/mol. The van der Waals surface area contributed by atoms with Crippen molar-refractivity contribution in [3.8, 4) is 6.07 Å². The number of imidazole rings is 1. The second-order valence-corrected chi connectivity index (χ2v) is 6.36. The van der Waals surface area contributed by atoms with Crippen LogP contribution in [0.1, 0.15) is 49.5 Å². The smallest absolute Gasteiger partial charge is 0.230 e. The Morgan fingerprint density at radius 2 is 2.19 bits per heavy atom. The monoisotopic (exact) mass is 306 g/mol. The van der Waals surface area contributed by atoms with E-state index in [1.54, 1.807) is 0 Å². The molecule has 0 aliphatic heterocycles. The molecule has 6 heteroatoms. The molecular formula is C15H22N4OS. The molecule has 1 N–H and O–H groups in total. The summed E-state index contributed by atoms with van der Waals surface area (Å²) in [5.41, 5.74) is 2.27. The third-order valence-electron chi connectivity index (χ3n) is 3.94. The van der Waals surface area contributed by atoms with Crippen molar-refractivity contribution in [2.75, 3.05) is 12.3 Å². The van der Waals surface area contributed by atoms with E-state index in [2.05, 4.69) is 21.8 Å². The third-order valence-corrected chi connectivity index (χ3v) is 4.89. The molecule has 0 saturated heterocycles. The fourth-order valence-corrected chi connectivity index (χ4v) is 3.72. The summed E-state index contributed by atoms with van der Waals surface area (Å²) < 4.78 is 2.32. The lowest BCUT2D eigenvalue weighted by Gasteiger charge is -2.16. The van der Waals surface area contributed by atoms with Crippen LogP contribution in [0.4, 0.5) is 0 Å². The zero-order valence-electron chi connectivity index (χ0n) is 12.7. The van der Waals surface area contributed by atoms with Gasteiger partial charge >= 0.3 is 0 Å². The van der Waals surface area contributed by atoms with E-state index in [0.29, 0.717) is 24.8 Å². The lowest BCUT2D eigenvalue weighted by Crippen LogP contribution is -2.26. The largest absolute Gasteiger partial charge is 0.354 e. The first-order valence-corrected chi connectivity index (χ1v) is 8.44. The highest BCUT2D eigenvalue weighted by Gasteiger charge is 2.23. The van der Waals surface area contributed by atoms with Crippen LogP contribution in [0.2, 0.25) is 0 Å². The Morgan fingerprint density at radius 1 is 1.48 bits per heavy atom. The normalized spacial score (nSPS) is 15.1. The summed E-state index contributed by atoms with van der Waals surface area (Å²) in [6, 6.07) is 2.55. The molecule has 5 nitrogen and oxygen atoms in total. The molecule has 114 valence electrons. The van der Waals surface area contributed by atoms with E-state index >= 15 is 0 Å². The van der Waals surface area contributed by atoms with Gasteiger partial charge in [-0.3, -0.25) is 4.79 Å². The van der Waals surface area contributed by atoms with Crippen LogP contribution in [0.3, 0.4) is 0 Å². The van der Waals surface area contributed by atoms with Gasteiger partial charge in [0.25, 0.3) is 0 Å². The molecule has 0 unspecified atom stereocenters. The van der Waals surface area contributed by atoms with Crippen molar-refractivity contribution in [3.05, 3.63) is 11.4 Å². The SMILES string of the molecule is Cc1nc(SCC(=O)NCCC#N)n(C2CCCC2)c1C. The van der Waals surface area contributed by atoms with E-state index in [9.17, 15) is 4.79 Å². The molecule has 1 fully saturated rings. The number of nitrogens with zero attached hydrogens (tertiary/aromatic N) is 3. The second kappa shape index (κ2) is 7.51. The van der Waals surface area contributed by atoms with Gasteiger partial charge in [0.1, 0.15) is 0 Å². The standard InChI is InChI=1S/C15H22N4OS/c1-11-12(2)19(13-6-3-4-7-13)15(18-11)21-10-14(20)17-9-5-8-16/h13H,3-7,9-10H2,1-2H3,(H,17,20). The number of hydrogen-bond donors (Lipinski definition) is 1. The number of rotatable bonds is 6.